The van der Waals surface area contributed by atoms with Crippen LogP contribution in [-0.2, 0) is 9.59 Å². The maximum Gasteiger partial charge on any atom is 0.303 e. The Morgan fingerprint density at radius 1 is 0.852 bits per heavy atom. The molecule has 5 heteroatoms. The van der Waals surface area contributed by atoms with Gasteiger partial charge in [-0.1, -0.05) is 24.3 Å². The van der Waals surface area contributed by atoms with Crippen molar-refractivity contribution in [1.82, 2.24) is 0 Å². The first-order valence-corrected chi connectivity index (χ1v) is 8.78. The average molecular weight is 368 g/mol. The van der Waals surface area contributed by atoms with Gasteiger partial charge in [0.15, 0.2) is 0 Å². The van der Waals surface area contributed by atoms with E-state index < -0.39 is 5.97 Å². The Labute approximate surface area is 159 Å². The van der Waals surface area contributed by atoms with E-state index in [4.69, 9.17) is 14.6 Å². The van der Waals surface area contributed by atoms with Crippen LogP contribution in [0.2, 0.25) is 0 Å². The number of ether oxygens (including phenoxy) is 2. The molecule has 1 N–H and O–H groups in total. The van der Waals surface area contributed by atoms with Crippen LogP contribution in [0.1, 0.15) is 36.8 Å². The van der Waals surface area contributed by atoms with Crippen molar-refractivity contribution < 1.29 is 24.2 Å². The largest absolute Gasteiger partial charge is 0.497 e. The fourth-order valence-electron chi connectivity index (χ4n) is 2.89. The summed E-state index contributed by atoms with van der Waals surface area (Å²) in [5, 5.41) is 8.79. The zero-order chi connectivity index (χ0) is 19.6. The SMILES string of the molecule is COc1ccc(C(=C(C=O)CCCCC(=O)O)c2ccc(OC)cc2)cc1. The molecule has 0 radical (unpaired) electrons. The summed E-state index contributed by atoms with van der Waals surface area (Å²) < 4.78 is 10.4. The Balaban J connectivity index is 2.41. The minimum atomic E-state index is -0.822. The van der Waals surface area contributed by atoms with Crippen LogP contribution in [0.15, 0.2) is 54.1 Å². The van der Waals surface area contributed by atoms with Crippen molar-refractivity contribution >= 4 is 17.8 Å². The molecular weight excluding hydrogens is 344 g/mol. The van der Waals surface area contributed by atoms with Gasteiger partial charge < -0.3 is 14.6 Å². The molecule has 0 aliphatic heterocycles. The third-order valence-electron chi connectivity index (χ3n) is 4.31. The fraction of sp³-hybridized carbons (Fsp3) is 0.273. The molecule has 0 aliphatic rings. The second kappa shape index (κ2) is 10.2. The molecule has 2 aromatic carbocycles. The first-order valence-electron chi connectivity index (χ1n) is 8.78. The Hall–Kier alpha value is -3.08. The summed E-state index contributed by atoms with van der Waals surface area (Å²) in [4.78, 5) is 22.5. The van der Waals surface area contributed by atoms with E-state index in [2.05, 4.69) is 0 Å². The van der Waals surface area contributed by atoms with Gasteiger partial charge in [-0.05, 0) is 60.2 Å². The highest BCUT2D eigenvalue weighted by Gasteiger charge is 2.13. The zero-order valence-corrected chi connectivity index (χ0v) is 15.6. The van der Waals surface area contributed by atoms with Crippen molar-refractivity contribution in [3.05, 3.63) is 65.2 Å². The highest BCUT2D eigenvalue weighted by molar-refractivity contribution is 5.94. The number of benzene rings is 2. The van der Waals surface area contributed by atoms with Crippen LogP contribution in [0, 0.1) is 0 Å². The number of unbranched alkanes of at least 4 members (excludes halogenated alkanes) is 1. The maximum absolute atomic E-state index is 11.8. The predicted molar refractivity (Wildman–Crippen MR) is 104 cm³/mol. The summed E-state index contributed by atoms with van der Waals surface area (Å²) >= 11 is 0. The van der Waals surface area contributed by atoms with E-state index in [0.717, 1.165) is 34.5 Å². The first-order chi connectivity index (χ1) is 13.1. The van der Waals surface area contributed by atoms with Crippen LogP contribution in [0.3, 0.4) is 0 Å². The number of carbonyl (C=O) groups is 2. The molecule has 0 aromatic heterocycles. The van der Waals surface area contributed by atoms with E-state index in [9.17, 15) is 9.59 Å². The monoisotopic (exact) mass is 368 g/mol. The molecule has 0 aliphatic carbocycles. The average Bonchev–Trinajstić information content (AvgIpc) is 2.70. The number of allylic oxidation sites excluding steroid dienone is 1. The minimum absolute atomic E-state index is 0.104. The minimum Gasteiger partial charge on any atom is -0.497 e. The van der Waals surface area contributed by atoms with Crippen LogP contribution in [-0.4, -0.2) is 31.6 Å². The predicted octanol–water partition coefficient (Wildman–Crippen LogP) is 4.35. The molecule has 27 heavy (non-hydrogen) atoms. The van der Waals surface area contributed by atoms with Gasteiger partial charge in [0.05, 0.1) is 14.2 Å². The lowest BCUT2D eigenvalue weighted by Crippen LogP contribution is -1.99. The van der Waals surface area contributed by atoms with Gasteiger partial charge in [-0.15, -0.1) is 0 Å². The van der Waals surface area contributed by atoms with Gasteiger partial charge in [-0.25, -0.2) is 0 Å². The van der Waals surface area contributed by atoms with Crippen molar-refractivity contribution in [3.8, 4) is 11.5 Å². The van der Waals surface area contributed by atoms with Crippen molar-refractivity contribution in [2.45, 2.75) is 25.7 Å². The second-order valence-corrected chi connectivity index (χ2v) is 6.08. The molecule has 0 amide bonds. The molecule has 0 saturated heterocycles. The number of aldehydes is 1. The van der Waals surface area contributed by atoms with Crippen LogP contribution >= 0.6 is 0 Å². The summed E-state index contributed by atoms with van der Waals surface area (Å²) in [6, 6.07) is 15.1. The van der Waals surface area contributed by atoms with Gasteiger partial charge in [0.2, 0.25) is 0 Å². The van der Waals surface area contributed by atoms with Crippen molar-refractivity contribution in [2.75, 3.05) is 14.2 Å². The highest BCUT2D eigenvalue weighted by atomic mass is 16.5. The Morgan fingerprint density at radius 2 is 1.30 bits per heavy atom. The molecule has 0 saturated carbocycles. The van der Waals surface area contributed by atoms with Crippen molar-refractivity contribution in [2.24, 2.45) is 0 Å². The lowest BCUT2D eigenvalue weighted by atomic mass is 9.91. The summed E-state index contributed by atoms with van der Waals surface area (Å²) in [5.41, 5.74) is 3.30. The van der Waals surface area contributed by atoms with Gasteiger partial charge >= 0.3 is 5.97 Å². The topological polar surface area (TPSA) is 72.8 Å². The van der Waals surface area contributed by atoms with E-state index in [-0.39, 0.29) is 6.42 Å². The maximum atomic E-state index is 11.8. The van der Waals surface area contributed by atoms with Gasteiger partial charge in [0.1, 0.15) is 17.8 Å². The Bertz CT molecular complexity index is 739. The fourth-order valence-corrected chi connectivity index (χ4v) is 2.89. The van der Waals surface area contributed by atoms with Crippen LogP contribution in [0.4, 0.5) is 0 Å². The number of carboxylic acid groups (broad SMARTS) is 1. The van der Waals surface area contributed by atoms with E-state index in [1.165, 1.54) is 0 Å². The Kier molecular flexibility index (Phi) is 7.62. The lowest BCUT2D eigenvalue weighted by molar-refractivity contribution is -0.137. The molecule has 0 atom stereocenters. The third-order valence-corrected chi connectivity index (χ3v) is 4.31. The van der Waals surface area contributed by atoms with Gasteiger partial charge in [-0.2, -0.15) is 0 Å². The van der Waals surface area contributed by atoms with E-state index in [1.807, 2.05) is 48.5 Å². The molecule has 0 unspecified atom stereocenters. The van der Waals surface area contributed by atoms with E-state index in [1.54, 1.807) is 14.2 Å². The molecule has 2 aromatic rings. The number of hydrogen-bond donors (Lipinski definition) is 1. The summed E-state index contributed by atoms with van der Waals surface area (Å²) in [6.45, 7) is 0. The van der Waals surface area contributed by atoms with E-state index >= 15 is 0 Å². The van der Waals surface area contributed by atoms with Gasteiger partial charge in [0.25, 0.3) is 0 Å². The van der Waals surface area contributed by atoms with Crippen LogP contribution < -0.4 is 9.47 Å². The molecule has 5 nitrogen and oxygen atoms in total. The second-order valence-electron chi connectivity index (χ2n) is 6.08. The van der Waals surface area contributed by atoms with E-state index in [0.29, 0.717) is 24.8 Å². The molecule has 142 valence electrons. The molecule has 0 fully saturated rings. The number of carbonyl (C=O) groups excluding carboxylic acids is 1. The standard InChI is InChI=1S/C22H24O5/c1-26-19-11-7-16(8-12-19)22(17-9-13-20(27-2)14-10-17)18(15-23)5-3-4-6-21(24)25/h7-15H,3-6H2,1-2H3,(H,24,25). The number of hydrogen-bond acceptors (Lipinski definition) is 4. The molecule has 0 spiro atoms. The van der Waals surface area contributed by atoms with Crippen LogP contribution in [0.5, 0.6) is 11.5 Å². The normalized spacial score (nSPS) is 10.1. The summed E-state index contributed by atoms with van der Waals surface area (Å²) in [7, 11) is 3.21. The lowest BCUT2D eigenvalue weighted by Gasteiger charge is -2.14. The third kappa shape index (κ3) is 5.71. The van der Waals surface area contributed by atoms with Gasteiger partial charge in [-0.3, -0.25) is 9.59 Å². The number of carboxylic acids is 1. The number of methoxy groups -OCH3 is 2. The smallest absolute Gasteiger partial charge is 0.303 e. The molecule has 0 heterocycles. The highest BCUT2D eigenvalue weighted by Crippen LogP contribution is 2.31. The summed E-state index contributed by atoms with van der Waals surface area (Å²) in [6.07, 6.45) is 2.66. The number of rotatable bonds is 10. The number of aliphatic carboxylic acids is 1. The molecular formula is C22H24O5. The van der Waals surface area contributed by atoms with Crippen molar-refractivity contribution in [1.29, 1.82) is 0 Å². The molecule has 2 rings (SSSR count). The van der Waals surface area contributed by atoms with Crippen LogP contribution in [0.25, 0.3) is 5.57 Å². The Morgan fingerprint density at radius 3 is 1.67 bits per heavy atom. The van der Waals surface area contributed by atoms with Crippen molar-refractivity contribution in [3.63, 3.8) is 0 Å². The summed E-state index contributed by atoms with van der Waals surface area (Å²) in [5.74, 6) is 0.654. The quantitative estimate of drug-likeness (QED) is 0.383. The van der Waals surface area contributed by atoms with Gasteiger partial charge in [0, 0.05) is 12.0 Å². The zero-order valence-electron chi connectivity index (χ0n) is 15.6. The first kappa shape index (κ1) is 20.2. The molecule has 0 bridgehead atoms.